The number of benzene rings is 1. The van der Waals surface area contributed by atoms with E-state index < -0.39 is 5.60 Å². The van der Waals surface area contributed by atoms with Gasteiger partial charge in [0.2, 0.25) is 5.88 Å². The van der Waals surface area contributed by atoms with Crippen molar-refractivity contribution in [2.24, 2.45) is 0 Å². The van der Waals surface area contributed by atoms with Crippen LogP contribution in [0.1, 0.15) is 55.6 Å². The quantitative estimate of drug-likeness (QED) is 0.731. The Morgan fingerprint density at radius 3 is 2.79 bits per heavy atom. The number of hydrogen-bond donors (Lipinski definition) is 0. The fourth-order valence-electron chi connectivity index (χ4n) is 3.84. The first-order chi connectivity index (χ1) is 13.7. The van der Waals surface area contributed by atoms with Crippen LogP contribution in [0.2, 0.25) is 0 Å². The normalized spacial score (nSPS) is 17.7. The SMILES string of the molecule is Cc1c(Oc2ncnc3c2C[C@H](C)N(C(=O)OC(C)(C)C)C3)ccc2c1C=CC2. The van der Waals surface area contributed by atoms with Crippen LogP contribution >= 0.6 is 0 Å². The zero-order valence-electron chi connectivity index (χ0n) is 17.7. The van der Waals surface area contributed by atoms with Gasteiger partial charge in [0.15, 0.2) is 0 Å². The predicted molar refractivity (Wildman–Crippen MR) is 111 cm³/mol. The second-order valence-corrected chi connectivity index (χ2v) is 8.74. The number of rotatable bonds is 2. The van der Waals surface area contributed by atoms with E-state index in [0.717, 1.165) is 29.0 Å². The first-order valence-electron chi connectivity index (χ1n) is 10.0. The summed E-state index contributed by atoms with van der Waals surface area (Å²) in [6.07, 6.45) is 7.08. The lowest BCUT2D eigenvalue weighted by Gasteiger charge is -2.35. The second kappa shape index (κ2) is 7.17. The summed E-state index contributed by atoms with van der Waals surface area (Å²) in [6.45, 7) is 10.1. The summed E-state index contributed by atoms with van der Waals surface area (Å²) in [5.41, 5.74) is 4.89. The van der Waals surface area contributed by atoms with Crippen molar-refractivity contribution < 1.29 is 14.3 Å². The molecule has 1 amide bonds. The third kappa shape index (κ3) is 3.84. The molecule has 1 aliphatic carbocycles. The zero-order valence-corrected chi connectivity index (χ0v) is 17.7. The molecule has 6 nitrogen and oxygen atoms in total. The molecule has 1 aromatic carbocycles. The van der Waals surface area contributed by atoms with E-state index in [9.17, 15) is 4.79 Å². The summed E-state index contributed by atoms with van der Waals surface area (Å²) in [5, 5.41) is 0. The van der Waals surface area contributed by atoms with Crippen LogP contribution in [0.3, 0.4) is 0 Å². The average Bonchev–Trinajstić information content (AvgIpc) is 3.12. The summed E-state index contributed by atoms with van der Waals surface area (Å²) in [5.74, 6) is 1.37. The molecule has 0 N–H and O–H groups in total. The molecular formula is C23H27N3O3. The molecule has 1 aromatic heterocycles. The van der Waals surface area contributed by atoms with Gasteiger partial charge < -0.3 is 9.47 Å². The van der Waals surface area contributed by atoms with E-state index in [0.29, 0.717) is 18.8 Å². The van der Waals surface area contributed by atoms with Crippen LogP contribution in [0, 0.1) is 6.92 Å². The number of nitrogens with zero attached hydrogens (tertiary/aromatic N) is 3. The maximum absolute atomic E-state index is 12.6. The van der Waals surface area contributed by atoms with Gasteiger partial charge in [0.1, 0.15) is 17.7 Å². The van der Waals surface area contributed by atoms with Crippen molar-refractivity contribution in [1.29, 1.82) is 0 Å². The van der Waals surface area contributed by atoms with Crippen molar-refractivity contribution in [3.05, 3.63) is 52.5 Å². The minimum atomic E-state index is -0.531. The summed E-state index contributed by atoms with van der Waals surface area (Å²) < 4.78 is 11.8. The van der Waals surface area contributed by atoms with E-state index >= 15 is 0 Å². The molecule has 29 heavy (non-hydrogen) atoms. The summed E-state index contributed by atoms with van der Waals surface area (Å²) in [4.78, 5) is 23.1. The van der Waals surface area contributed by atoms with Gasteiger partial charge in [-0.25, -0.2) is 14.8 Å². The topological polar surface area (TPSA) is 64.6 Å². The van der Waals surface area contributed by atoms with Crippen molar-refractivity contribution in [2.45, 2.75) is 65.6 Å². The summed E-state index contributed by atoms with van der Waals surface area (Å²) in [6, 6.07) is 4.09. The Balaban J connectivity index is 1.60. The number of aromatic nitrogens is 2. The highest BCUT2D eigenvalue weighted by atomic mass is 16.6. The van der Waals surface area contributed by atoms with Gasteiger partial charge in [-0.1, -0.05) is 18.2 Å². The van der Waals surface area contributed by atoms with Crippen molar-refractivity contribution >= 4 is 12.2 Å². The number of allylic oxidation sites excluding steroid dienone is 1. The first-order valence-corrected chi connectivity index (χ1v) is 10.0. The van der Waals surface area contributed by atoms with E-state index in [-0.39, 0.29) is 12.1 Å². The zero-order chi connectivity index (χ0) is 20.8. The molecule has 1 atom stereocenters. The van der Waals surface area contributed by atoms with E-state index in [4.69, 9.17) is 9.47 Å². The Labute approximate surface area is 171 Å². The minimum Gasteiger partial charge on any atom is -0.444 e. The molecule has 2 aliphatic rings. The lowest BCUT2D eigenvalue weighted by atomic mass is 10.00. The number of carbonyl (C=O) groups is 1. The molecule has 0 fully saturated rings. The lowest BCUT2D eigenvalue weighted by Crippen LogP contribution is -2.45. The molecule has 0 saturated heterocycles. The molecule has 0 bridgehead atoms. The highest BCUT2D eigenvalue weighted by Crippen LogP contribution is 2.35. The van der Waals surface area contributed by atoms with E-state index in [2.05, 4.69) is 35.1 Å². The Bertz CT molecular complexity index is 992. The first kappa shape index (κ1) is 19.4. The second-order valence-electron chi connectivity index (χ2n) is 8.74. The van der Waals surface area contributed by atoms with Crippen LogP contribution in [0.25, 0.3) is 6.08 Å². The van der Waals surface area contributed by atoms with E-state index in [1.165, 1.54) is 17.5 Å². The van der Waals surface area contributed by atoms with Crippen molar-refractivity contribution in [3.8, 4) is 11.6 Å². The molecule has 0 saturated carbocycles. The maximum Gasteiger partial charge on any atom is 0.410 e. The Morgan fingerprint density at radius 2 is 2.03 bits per heavy atom. The smallest absolute Gasteiger partial charge is 0.410 e. The third-order valence-electron chi connectivity index (χ3n) is 5.36. The van der Waals surface area contributed by atoms with Crippen LogP contribution in [-0.4, -0.2) is 32.6 Å². The third-order valence-corrected chi connectivity index (χ3v) is 5.36. The highest BCUT2D eigenvalue weighted by Gasteiger charge is 2.33. The largest absolute Gasteiger partial charge is 0.444 e. The van der Waals surface area contributed by atoms with E-state index in [1.54, 1.807) is 4.90 Å². The number of amides is 1. The van der Waals surface area contributed by atoms with Gasteiger partial charge in [0.05, 0.1) is 12.2 Å². The molecule has 1 aliphatic heterocycles. The Morgan fingerprint density at radius 1 is 1.24 bits per heavy atom. The number of ether oxygens (including phenoxy) is 2. The van der Waals surface area contributed by atoms with Gasteiger partial charge in [0, 0.05) is 11.6 Å². The minimum absolute atomic E-state index is 0.0326. The van der Waals surface area contributed by atoms with E-state index in [1.807, 2.05) is 33.8 Å². The van der Waals surface area contributed by atoms with Gasteiger partial charge in [0.25, 0.3) is 0 Å². The van der Waals surface area contributed by atoms with Crippen molar-refractivity contribution in [3.63, 3.8) is 0 Å². The van der Waals surface area contributed by atoms with Gasteiger partial charge >= 0.3 is 6.09 Å². The molecule has 0 unspecified atom stereocenters. The van der Waals surface area contributed by atoms with Gasteiger partial charge in [-0.2, -0.15) is 0 Å². The fourth-order valence-corrected chi connectivity index (χ4v) is 3.84. The van der Waals surface area contributed by atoms with Crippen LogP contribution in [0.4, 0.5) is 4.79 Å². The highest BCUT2D eigenvalue weighted by molar-refractivity contribution is 5.69. The molecule has 0 radical (unpaired) electrons. The number of fused-ring (bicyclic) bond motifs is 2. The van der Waals surface area contributed by atoms with Crippen molar-refractivity contribution in [2.75, 3.05) is 0 Å². The Hall–Kier alpha value is -2.89. The average molecular weight is 393 g/mol. The molecular weight excluding hydrogens is 366 g/mol. The van der Waals surface area contributed by atoms with Gasteiger partial charge in [-0.15, -0.1) is 0 Å². The fraction of sp³-hybridized carbons (Fsp3) is 0.435. The van der Waals surface area contributed by atoms with Crippen LogP contribution < -0.4 is 4.74 Å². The molecule has 0 spiro atoms. The van der Waals surface area contributed by atoms with Crippen LogP contribution in [0.5, 0.6) is 11.6 Å². The molecule has 2 heterocycles. The predicted octanol–water partition coefficient (Wildman–Crippen LogP) is 4.83. The lowest BCUT2D eigenvalue weighted by molar-refractivity contribution is 0.0133. The van der Waals surface area contributed by atoms with Crippen LogP contribution in [-0.2, 0) is 24.1 Å². The number of hydrogen-bond acceptors (Lipinski definition) is 5. The monoisotopic (exact) mass is 393 g/mol. The van der Waals surface area contributed by atoms with Crippen molar-refractivity contribution in [1.82, 2.24) is 14.9 Å². The maximum atomic E-state index is 12.6. The van der Waals surface area contributed by atoms with Gasteiger partial charge in [-0.3, -0.25) is 4.90 Å². The molecule has 2 aromatic rings. The summed E-state index contributed by atoms with van der Waals surface area (Å²) in [7, 11) is 0. The number of carbonyl (C=O) groups excluding carboxylic acids is 1. The molecule has 4 rings (SSSR count). The van der Waals surface area contributed by atoms with Crippen LogP contribution in [0.15, 0.2) is 24.5 Å². The van der Waals surface area contributed by atoms with Gasteiger partial charge in [-0.05, 0) is 70.2 Å². The summed E-state index contributed by atoms with van der Waals surface area (Å²) >= 11 is 0. The Kier molecular flexibility index (Phi) is 4.81. The molecule has 6 heteroatoms. The molecule has 152 valence electrons. The standard InChI is InChI=1S/C23H27N3O3/c1-14-11-18-19(12-26(14)22(27)29-23(3,4)5)24-13-25-21(18)28-20-10-9-16-7-6-8-17(16)15(20)2/h6,8-10,13-14H,7,11-12H2,1-5H3/t14-/m0/s1.